The van der Waals surface area contributed by atoms with Crippen LogP contribution in [0.1, 0.15) is 43.5 Å². The average Bonchev–Trinajstić information content (AvgIpc) is 2.95. The summed E-state index contributed by atoms with van der Waals surface area (Å²) in [6.07, 6.45) is 7.01. The highest BCUT2D eigenvalue weighted by Gasteiger charge is 2.22. The van der Waals surface area contributed by atoms with Gasteiger partial charge in [0, 0.05) is 19.4 Å². The lowest BCUT2D eigenvalue weighted by atomic mass is 10.1. The summed E-state index contributed by atoms with van der Waals surface area (Å²) in [6.45, 7) is 3.59. The standard InChI is InChI=1S/C12H21N5/c13-10-4-3-5-11-14-15-12(17(10)11)6-9-16-7-1-2-8-16/h10H,1-9,13H2. The quantitative estimate of drug-likeness (QED) is 0.838. The fraction of sp³-hybridized carbons (Fsp3) is 0.833. The van der Waals surface area contributed by atoms with Crippen LogP contribution in [0.3, 0.4) is 0 Å². The number of nitrogens with zero attached hydrogens (tertiary/aromatic N) is 4. The zero-order valence-electron chi connectivity index (χ0n) is 10.3. The second kappa shape index (κ2) is 4.74. The summed E-state index contributed by atoms with van der Waals surface area (Å²) in [4.78, 5) is 2.51. The molecule has 17 heavy (non-hydrogen) atoms. The molecule has 0 aliphatic carbocycles. The number of rotatable bonds is 3. The Balaban J connectivity index is 1.68. The van der Waals surface area contributed by atoms with Crippen LogP contribution in [0.2, 0.25) is 0 Å². The summed E-state index contributed by atoms with van der Waals surface area (Å²) in [6, 6.07) is 0. The fourth-order valence-corrected chi connectivity index (χ4v) is 2.95. The summed E-state index contributed by atoms with van der Waals surface area (Å²) < 4.78 is 2.17. The Kier molecular flexibility index (Phi) is 3.11. The first-order valence-corrected chi connectivity index (χ1v) is 6.75. The van der Waals surface area contributed by atoms with Crippen LogP contribution in [0.4, 0.5) is 0 Å². The highest BCUT2D eigenvalue weighted by Crippen LogP contribution is 2.21. The molecule has 1 aromatic heterocycles. The van der Waals surface area contributed by atoms with E-state index in [0.29, 0.717) is 0 Å². The number of hydrogen-bond acceptors (Lipinski definition) is 4. The molecule has 5 nitrogen and oxygen atoms in total. The van der Waals surface area contributed by atoms with Gasteiger partial charge in [-0.2, -0.15) is 0 Å². The topological polar surface area (TPSA) is 60.0 Å². The van der Waals surface area contributed by atoms with Crippen molar-refractivity contribution in [1.29, 1.82) is 0 Å². The van der Waals surface area contributed by atoms with Gasteiger partial charge in [-0.05, 0) is 38.8 Å². The van der Waals surface area contributed by atoms with Gasteiger partial charge in [-0.3, -0.25) is 4.57 Å². The Bertz CT molecular complexity index is 380. The molecular weight excluding hydrogens is 214 g/mol. The second-order valence-electron chi connectivity index (χ2n) is 5.16. The summed E-state index contributed by atoms with van der Waals surface area (Å²) >= 11 is 0. The van der Waals surface area contributed by atoms with Gasteiger partial charge in [0.25, 0.3) is 0 Å². The highest BCUT2D eigenvalue weighted by atomic mass is 15.3. The molecule has 2 N–H and O–H groups in total. The van der Waals surface area contributed by atoms with E-state index in [1.165, 1.54) is 25.9 Å². The molecule has 5 heteroatoms. The van der Waals surface area contributed by atoms with Gasteiger partial charge in [0.1, 0.15) is 11.6 Å². The van der Waals surface area contributed by atoms with Gasteiger partial charge in [-0.1, -0.05) is 0 Å². The minimum atomic E-state index is 0.0994. The van der Waals surface area contributed by atoms with E-state index in [9.17, 15) is 0 Å². The molecule has 1 atom stereocenters. The van der Waals surface area contributed by atoms with Crippen LogP contribution in [0.25, 0.3) is 0 Å². The lowest BCUT2D eigenvalue weighted by Crippen LogP contribution is -2.28. The van der Waals surface area contributed by atoms with Crippen molar-refractivity contribution >= 4 is 0 Å². The smallest absolute Gasteiger partial charge is 0.135 e. The third-order valence-corrected chi connectivity index (χ3v) is 3.92. The minimum absolute atomic E-state index is 0.0994. The molecule has 2 aliphatic heterocycles. The van der Waals surface area contributed by atoms with E-state index in [1.54, 1.807) is 0 Å². The lowest BCUT2D eigenvalue weighted by molar-refractivity contribution is 0.331. The third kappa shape index (κ3) is 2.21. The van der Waals surface area contributed by atoms with E-state index in [2.05, 4.69) is 19.7 Å². The van der Waals surface area contributed by atoms with Gasteiger partial charge in [-0.15, -0.1) is 10.2 Å². The van der Waals surface area contributed by atoms with Crippen molar-refractivity contribution in [3.8, 4) is 0 Å². The predicted molar refractivity (Wildman–Crippen MR) is 65.6 cm³/mol. The normalized spacial score (nSPS) is 25.1. The lowest BCUT2D eigenvalue weighted by Gasteiger charge is -2.23. The highest BCUT2D eigenvalue weighted by molar-refractivity contribution is 5.02. The van der Waals surface area contributed by atoms with E-state index >= 15 is 0 Å². The number of fused-ring (bicyclic) bond motifs is 1. The molecule has 0 radical (unpaired) electrons. The van der Waals surface area contributed by atoms with Crippen molar-refractivity contribution in [2.75, 3.05) is 19.6 Å². The molecule has 2 aliphatic rings. The number of hydrogen-bond donors (Lipinski definition) is 1. The first kappa shape index (κ1) is 11.2. The molecule has 0 amide bonds. The van der Waals surface area contributed by atoms with Crippen LogP contribution in [-0.4, -0.2) is 39.3 Å². The van der Waals surface area contributed by atoms with E-state index in [1.807, 2.05) is 0 Å². The number of aromatic nitrogens is 3. The Morgan fingerprint density at radius 2 is 2.00 bits per heavy atom. The van der Waals surface area contributed by atoms with Crippen molar-refractivity contribution in [2.45, 2.75) is 44.7 Å². The van der Waals surface area contributed by atoms with Crippen LogP contribution in [0, 0.1) is 0 Å². The zero-order valence-corrected chi connectivity index (χ0v) is 10.3. The number of likely N-dealkylation sites (tertiary alicyclic amines) is 1. The third-order valence-electron chi connectivity index (χ3n) is 3.92. The van der Waals surface area contributed by atoms with Gasteiger partial charge in [0.05, 0.1) is 6.17 Å². The van der Waals surface area contributed by atoms with E-state index in [4.69, 9.17) is 5.73 Å². The van der Waals surface area contributed by atoms with Crippen LogP contribution in [-0.2, 0) is 12.8 Å². The number of nitrogens with two attached hydrogens (primary N) is 1. The van der Waals surface area contributed by atoms with Crippen LogP contribution < -0.4 is 5.73 Å². The molecule has 0 spiro atoms. The van der Waals surface area contributed by atoms with Crippen LogP contribution in [0.5, 0.6) is 0 Å². The van der Waals surface area contributed by atoms with Crippen molar-refractivity contribution in [1.82, 2.24) is 19.7 Å². The molecule has 1 aromatic rings. The zero-order chi connectivity index (χ0) is 11.7. The predicted octanol–water partition coefficient (Wildman–Crippen LogP) is 0.710. The summed E-state index contributed by atoms with van der Waals surface area (Å²) in [5.41, 5.74) is 6.14. The van der Waals surface area contributed by atoms with Crippen LogP contribution in [0.15, 0.2) is 0 Å². The van der Waals surface area contributed by atoms with Gasteiger partial charge < -0.3 is 10.6 Å². The molecular formula is C12H21N5. The van der Waals surface area contributed by atoms with Crippen LogP contribution >= 0.6 is 0 Å². The van der Waals surface area contributed by atoms with Crippen molar-refractivity contribution < 1.29 is 0 Å². The molecule has 0 aromatic carbocycles. The van der Waals surface area contributed by atoms with E-state index in [0.717, 1.165) is 43.9 Å². The Morgan fingerprint density at radius 3 is 2.82 bits per heavy atom. The second-order valence-corrected chi connectivity index (χ2v) is 5.16. The molecule has 1 saturated heterocycles. The van der Waals surface area contributed by atoms with E-state index < -0.39 is 0 Å². The maximum atomic E-state index is 6.14. The molecule has 3 rings (SSSR count). The van der Waals surface area contributed by atoms with Gasteiger partial charge >= 0.3 is 0 Å². The molecule has 94 valence electrons. The number of aryl methyl sites for hydroxylation is 1. The maximum Gasteiger partial charge on any atom is 0.135 e. The fourth-order valence-electron chi connectivity index (χ4n) is 2.95. The summed E-state index contributed by atoms with van der Waals surface area (Å²) in [7, 11) is 0. The summed E-state index contributed by atoms with van der Waals surface area (Å²) in [5.74, 6) is 2.17. The summed E-state index contributed by atoms with van der Waals surface area (Å²) in [5, 5.41) is 8.58. The Labute approximate surface area is 102 Å². The minimum Gasteiger partial charge on any atom is -0.311 e. The van der Waals surface area contributed by atoms with Gasteiger partial charge in [-0.25, -0.2) is 0 Å². The largest absolute Gasteiger partial charge is 0.311 e. The Hall–Kier alpha value is -0.940. The van der Waals surface area contributed by atoms with Crippen molar-refractivity contribution in [3.63, 3.8) is 0 Å². The Morgan fingerprint density at radius 1 is 1.18 bits per heavy atom. The first-order chi connectivity index (χ1) is 8.34. The molecule has 1 unspecified atom stereocenters. The molecule has 0 bridgehead atoms. The molecule has 3 heterocycles. The van der Waals surface area contributed by atoms with E-state index in [-0.39, 0.29) is 6.17 Å². The molecule has 0 saturated carbocycles. The maximum absolute atomic E-state index is 6.14. The SMILES string of the molecule is NC1CCCc2nnc(CCN3CCCC3)n21. The monoisotopic (exact) mass is 235 g/mol. The average molecular weight is 235 g/mol. The first-order valence-electron chi connectivity index (χ1n) is 6.75. The van der Waals surface area contributed by atoms with Crippen molar-refractivity contribution in [3.05, 3.63) is 11.6 Å². The van der Waals surface area contributed by atoms with Gasteiger partial charge in [0.15, 0.2) is 0 Å². The van der Waals surface area contributed by atoms with Crippen molar-refractivity contribution in [2.24, 2.45) is 5.73 Å². The molecule has 1 fully saturated rings. The van der Waals surface area contributed by atoms with Gasteiger partial charge in [0.2, 0.25) is 0 Å².